The minimum absolute atomic E-state index is 0.787. The summed E-state index contributed by atoms with van der Waals surface area (Å²) in [5, 5.41) is 0.787. The van der Waals surface area contributed by atoms with E-state index in [9.17, 15) is 0 Å². The summed E-state index contributed by atoms with van der Waals surface area (Å²) < 4.78 is 0. The molecule has 0 saturated carbocycles. The molecule has 0 atom stereocenters. The van der Waals surface area contributed by atoms with Crippen molar-refractivity contribution in [1.29, 1.82) is 0 Å². The molecule has 0 fully saturated rings. The number of rotatable bonds is 5. The van der Waals surface area contributed by atoms with Crippen molar-refractivity contribution in [3.8, 4) is 0 Å². The van der Waals surface area contributed by atoms with Gasteiger partial charge in [-0.05, 0) is 23.8 Å². The SMILES string of the molecule is CC/C=C/CCSC(C)C. The lowest BCUT2D eigenvalue weighted by molar-refractivity contribution is 1.10. The van der Waals surface area contributed by atoms with E-state index in [2.05, 4.69) is 32.9 Å². The second-order valence-corrected chi connectivity index (χ2v) is 4.27. The maximum atomic E-state index is 2.27. The Morgan fingerprint density at radius 1 is 1.30 bits per heavy atom. The minimum Gasteiger partial charge on any atom is -0.159 e. The molecule has 0 bridgehead atoms. The molecule has 0 heterocycles. The van der Waals surface area contributed by atoms with Crippen LogP contribution >= 0.6 is 11.8 Å². The van der Waals surface area contributed by atoms with Crippen molar-refractivity contribution in [2.75, 3.05) is 5.75 Å². The number of allylic oxidation sites excluding steroid dienone is 2. The van der Waals surface area contributed by atoms with Gasteiger partial charge in [0.15, 0.2) is 0 Å². The quantitative estimate of drug-likeness (QED) is 0.436. The summed E-state index contributed by atoms with van der Waals surface area (Å²) in [5.74, 6) is 1.27. The van der Waals surface area contributed by atoms with Gasteiger partial charge in [0.05, 0.1) is 0 Å². The highest BCUT2D eigenvalue weighted by Crippen LogP contribution is 2.10. The first kappa shape index (κ1) is 10.1. The molecular formula is C9H18S. The summed E-state index contributed by atoms with van der Waals surface area (Å²) in [6.45, 7) is 6.66. The zero-order valence-electron chi connectivity index (χ0n) is 7.26. The Morgan fingerprint density at radius 2 is 2.00 bits per heavy atom. The summed E-state index contributed by atoms with van der Waals surface area (Å²) in [7, 11) is 0. The molecule has 0 aromatic rings. The van der Waals surface area contributed by atoms with Gasteiger partial charge in [-0.1, -0.05) is 32.9 Å². The van der Waals surface area contributed by atoms with Crippen molar-refractivity contribution in [2.45, 2.75) is 38.9 Å². The second-order valence-electron chi connectivity index (χ2n) is 2.59. The first-order valence-corrected chi connectivity index (χ1v) is 5.08. The van der Waals surface area contributed by atoms with Gasteiger partial charge in [0.2, 0.25) is 0 Å². The fourth-order valence-corrected chi connectivity index (χ4v) is 1.40. The van der Waals surface area contributed by atoms with E-state index in [0.717, 1.165) is 5.25 Å². The van der Waals surface area contributed by atoms with Gasteiger partial charge in [0.25, 0.3) is 0 Å². The molecule has 0 aliphatic rings. The molecule has 0 aliphatic carbocycles. The minimum atomic E-state index is 0.787. The van der Waals surface area contributed by atoms with Crippen LogP contribution in [0.25, 0.3) is 0 Å². The maximum absolute atomic E-state index is 2.27. The van der Waals surface area contributed by atoms with Crippen molar-refractivity contribution in [1.82, 2.24) is 0 Å². The van der Waals surface area contributed by atoms with Crippen LogP contribution in [0.2, 0.25) is 0 Å². The van der Waals surface area contributed by atoms with Gasteiger partial charge in [0, 0.05) is 0 Å². The molecule has 0 radical (unpaired) electrons. The summed E-state index contributed by atoms with van der Waals surface area (Å²) in [4.78, 5) is 0. The molecule has 60 valence electrons. The zero-order chi connectivity index (χ0) is 7.82. The summed E-state index contributed by atoms with van der Waals surface area (Å²) in [6.07, 6.45) is 6.92. The molecule has 0 nitrogen and oxygen atoms in total. The second kappa shape index (κ2) is 7.20. The standard InChI is InChI=1S/C9H18S/c1-4-5-6-7-8-10-9(2)3/h5-6,9H,4,7-8H2,1-3H3/b6-5+. The molecule has 0 saturated heterocycles. The molecule has 0 spiro atoms. The van der Waals surface area contributed by atoms with Crippen molar-refractivity contribution in [3.63, 3.8) is 0 Å². The van der Waals surface area contributed by atoms with Gasteiger partial charge in [-0.3, -0.25) is 0 Å². The average molecular weight is 158 g/mol. The van der Waals surface area contributed by atoms with E-state index in [4.69, 9.17) is 0 Å². The van der Waals surface area contributed by atoms with E-state index in [0.29, 0.717) is 0 Å². The lowest BCUT2D eigenvalue weighted by Gasteiger charge is -2.00. The summed E-state index contributed by atoms with van der Waals surface area (Å²) >= 11 is 2.03. The molecule has 0 aromatic heterocycles. The third-order valence-corrected chi connectivity index (χ3v) is 2.28. The largest absolute Gasteiger partial charge is 0.159 e. The van der Waals surface area contributed by atoms with Crippen molar-refractivity contribution in [3.05, 3.63) is 12.2 Å². The maximum Gasteiger partial charge on any atom is -0.000957 e. The van der Waals surface area contributed by atoms with Crippen molar-refractivity contribution in [2.24, 2.45) is 0 Å². The van der Waals surface area contributed by atoms with Crippen molar-refractivity contribution >= 4 is 11.8 Å². The molecular weight excluding hydrogens is 140 g/mol. The van der Waals surface area contributed by atoms with E-state index < -0.39 is 0 Å². The Bertz CT molecular complexity index is 84.7. The fourth-order valence-electron chi connectivity index (χ4n) is 0.656. The summed E-state index contributed by atoms with van der Waals surface area (Å²) in [5.41, 5.74) is 0. The first-order chi connectivity index (χ1) is 4.77. The molecule has 10 heavy (non-hydrogen) atoms. The topological polar surface area (TPSA) is 0 Å². The number of hydrogen-bond acceptors (Lipinski definition) is 1. The Labute approximate surface area is 69.1 Å². The van der Waals surface area contributed by atoms with Gasteiger partial charge in [0.1, 0.15) is 0 Å². The highest BCUT2D eigenvalue weighted by atomic mass is 32.2. The van der Waals surface area contributed by atoms with Crippen molar-refractivity contribution < 1.29 is 0 Å². The zero-order valence-corrected chi connectivity index (χ0v) is 8.08. The van der Waals surface area contributed by atoms with E-state index in [1.54, 1.807) is 0 Å². The Morgan fingerprint density at radius 3 is 2.50 bits per heavy atom. The monoisotopic (exact) mass is 158 g/mol. The summed E-state index contributed by atoms with van der Waals surface area (Å²) in [6, 6.07) is 0. The van der Waals surface area contributed by atoms with Crippen LogP contribution in [0.15, 0.2) is 12.2 Å². The lowest BCUT2D eigenvalue weighted by atomic mass is 10.4. The number of hydrogen-bond donors (Lipinski definition) is 0. The van der Waals surface area contributed by atoms with Gasteiger partial charge >= 0.3 is 0 Å². The van der Waals surface area contributed by atoms with Crippen LogP contribution in [0.4, 0.5) is 0 Å². The number of thioether (sulfide) groups is 1. The van der Waals surface area contributed by atoms with Crippen LogP contribution in [-0.2, 0) is 0 Å². The van der Waals surface area contributed by atoms with E-state index >= 15 is 0 Å². The highest BCUT2D eigenvalue weighted by Gasteiger charge is 1.90. The van der Waals surface area contributed by atoms with Crippen LogP contribution in [0.5, 0.6) is 0 Å². The molecule has 0 amide bonds. The van der Waals surface area contributed by atoms with Crippen LogP contribution in [-0.4, -0.2) is 11.0 Å². The molecule has 0 aliphatic heterocycles. The Balaban J connectivity index is 2.97. The van der Waals surface area contributed by atoms with Crippen LogP contribution in [0, 0.1) is 0 Å². The predicted octanol–water partition coefficient (Wildman–Crippen LogP) is 3.48. The van der Waals surface area contributed by atoms with Gasteiger partial charge in [-0.2, -0.15) is 11.8 Å². The van der Waals surface area contributed by atoms with E-state index in [1.807, 2.05) is 11.8 Å². The Kier molecular flexibility index (Phi) is 7.26. The van der Waals surface area contributed by atoms with Gasteiger partial charge in [-0.15, -0.1) is 0 Å². The third-order valence-electron chi connectivity index (χ3n) is 1.14. The predicted molar refractivity (Wildman–Crippen MR) is 51.6 cm³/mol. The van der Waals surface area contributed by atoms with E-state index in [1.165, 1.54) is 18.6 Å². The molecule has 0 aromatic carbocycles. The third kappa shape index (κ3) is 8.09. The van der Waals surface area contributed by atoms with Gasteiger partial charge in [-0.25, -0.2) is 0 Å². The van der Waals surface area contributed by atoms with Crippen LogP contribution in [0.1, 0.15) is 33.6 Å². The highest BCUT2D eigenvalue weighted by molar-refractivity contribution is 7.99. The average Bonchev–Trinajstić information content (AvgIpc) is 1.87. The fraction of sp³-hybridized carbons (Fsp3) is 0.778. The Hall–Kier alpha value is 0.0900. The molecule has 0 unspecified atom stereocenters. The smallest absolute Gasteiger partial charge is 0.000957 e. The normalized spacial score (nSPS) is 11.6. The molecule has 0 N–H and O–H groups in total. The first-order valence-electron chi connectivity index (χ1n) is 4.04. The molecule has 0 rings (SSSR count). The van der Waals surface area contributed by atoms with E-state index in [-0.39, 0.29) is 0 Å². The molecule has 1 heteroatoms. The lowest BCUT2D eigenvalue weighted by Crippen LogP contribution is -1.87. The van der Waals surface area contributed by atoms with Gasteiger partial charge < -0.3 is 0 Å². The van der Waals surface area contributed by atoms with Crippen LogP contribution in [0.3, 0.4) is 0 Å². The van der Waals surface area contributed by atoms with Crippen LogP contribution < -0.4 is 0 Å².